The second-order valence-corrected chi connectivity index (χ2v) is 5.12. The van der Waals surface area contributed by atoms with Gasteiger partial charge in [-0.1, -0.05) is 0 Å². The Hall–Kier alpha value is -2.76. The van der Waals surface area contributed by atoms with Crippen molar-refractivity contribution in [1.82, 2.24) is 14.4 Å². The minimum absolute atomic E-state index is 0.430. The summed E-state index contributed by atoms with van der Waals surface area (Å²) in [5.41, 5.74) is 9.55. The van der Waals surface area contributed by atoms with Crippen LogP contribution in [0.4, 0.5) is 11.5 Å². The van der Waals surface area contributed by atoms with E-state index in [4.69, 9.17) is 10.5 Å². The van der Waals surface area contributed by atoms with Crippen molar-refractivity contribution in [3.8, 4) is 17.0 Å². The highest BCUT2D eigenvalue weighted by Gasteiger charge is 2.16. The molecular weight excluding hydrogens is 266 g/mol. The van der Waals surface area contributed by atoms with Gasteiger partial charge in [0.25, 0.3) is 0 Å². The Morgan fingerprint density at radius 3 is 3.14 bits per heavy atom. The lowest BCUT2D eigenvalue weighted by Gasteiger charge is -2.28. The molecule has 21 heavy (non-hydrogen) atoms. The molecule has 4 rings (SSSR count). The van der Waals surface area contributed by atoms with Crippen LogP contribution in [0.15, 0.2) is 36.8 Å². The van der Waals surface area contributed by atoms with Crippen molar-refractivity contribution in [3.05, 3.63) is 36.8 Å². The Morgan fingerprint density at radius 1 is 1.33 bits per heavy atom. The highest BCUT2D eigenvalue weighted by atomic mass is 16.5. The van der Waals surface area contributed by atoms with Crippen LogP contribution >= 0.6 is 0 Å². The molecule has 1 aromatic carbocycles. The van der Waals surface area contributed by atoms with Gasteiger partial charge in [-0.15, -0.1) is 0 Å². The minimum Gasteiger partial charge on any atom is -0.490 e. The lowest BCUT2D eigenvalue weighted by Crippen LogP contribution is -2.28. The zero-order valence-corrected chi connectivity index (χ0v) is 11.7. The lowest BCUT2D eigenvalue weighted by atomic mass is 10.1. The van der Waals surface area contributed by atoms with Gasteiger partial charge < -0.3 is 19.8 Å². The highest BCUT2D eigenvalue weighted by molar-refractivity contribution is 5.73. The summed E-state index contributed by atoms with van der Waals surface area (Å²) in [6.07, 6.45) is 5.51. The Labute approximate surface area is 121 Å². The molecule has 3 aromatic rings. The summed E-state index contributed by atoms with van der Waals surface area (Å²) in [7, 11) is 2.06. The van der Waals surface area contributed by atoms with Gasteiger partial charge in [0.1, 0.15) is 12.4 Å². The van der Waals surface area contributed by atoms with E-state index in [-0.39, 0.29) is 0 Å². The fourth-order valence-corrected chi connectivity index (χ4v) is 2.61. The minimum atomic E-state index is 0.430. The molecule has 0 fully saturated rings. The fourth-order valence-electron chi connectivity index (χ4n) is 2.61. The molecule has 2 N–H and O–H groups in total. The average molecular weight is 281 g/mol. The molecule has 0 unspecified atom stereocenters. The third-order valence-electron chi connectivity index (χ3n) is 3.75. The van der Waals surface area contributed by atoms with Gasteiger partial charge in [0.2, 0.25) is 0 Å². The topological polar surface area (TPSA) is 68.7 Å². The summed E-state index contributed by atoms with van der Waals surface area (Å²) < 4.78 is 7.55. The van der Waals surface area contributed by atoms with Crippen molar-refractivity contribution in [2.75, 3.05) is 30.8 Å². The normalized spacial score (nSPS) is 14.0. The number of nitrogens with two attached hydrogens (primary N) is 1. The first-order valence-corrected chi connectivity index (χ1v) is 6.80. The summed E-state index contributed by atoms with van der Waals surface area (Å²) in [5.74, 6) is 1.34. The van der Waals surface area contributed by atoms with Crippen LogP contribution in [-0.2, 0) is 0 Å². The highest BCUT2D eigenvalue weighted by Crippen LogP contribution is 2.34. The number of hydrogen-bond donors (Lipinski definition) is 1. The Balaban J connectivity index is 1.86. The van der Waals surface area contributed by atoms with Crippen molar-refractivity contribution < 1.29 is 4.74 Å². The van der Waals surface area contributed by atoms with E-state index in [2.05, 4.69) is 28.0 Å². The molecule has 6 nitrogen and oxygen atoms in total. The molecule has 0 bridgehead atoms. The van der Waals surface area contributed by atoms with Crippen LogP contribution in [-0.4, -0.2) is 34.6 Å². The number of aromatic nitrogens is 3. The maximum absolute atomic E-state index is 5.97. The van der Waals surface area contributed by atoms with Crippen LogP contribution in [0.3, 0.4) is 0 Å². The summed E-state index contributed by atoms with van der Waals surface area (Å²) in [6.45, 7) is 1.60. The quantitative estimate of drug-likeness (QED) is 0.736. The number of benzene rings is 1. The van der Waals surface area contributed by atoms with Crippen LogP contribution in [0.1, 0.15) is 0 Å². The van der Waals surface area contributed by atoms with Gasteiger partial charge in [0, 0.05) is 31.2 Å². The van der Waals surface area contributed by atoms with Crippen LogP contribution in [0.25, 0.3) is 16.9 Å². The number of nitrogens with zero attached hydrogens (tertiary/aromatic N) is 4. The molecule has 1 aliphatic rings. The molecule has 2 aromatic heterocycles. The predicted octanol–water partition coefficient (Wildman–Crippen LogP) is 1.81. The number of nitrogen functional groups attached to an aromatic ring is 1. The largest absolute Gasteiger partial charge is 0.490 e. The third-order valence-corrected chi connectivity index (χ3v) is 3.75. The van der Waals surface area contributed by atoms with E-state index in [0.29, 0.717) is 11.5 Å². The number of anilines is 2. The Kier molecular flexibility index (Phi) is 2.50. The van der Waals surface area contributed by atoms with Gasteiger partial charge in [0.05, 0.1) is 17.9 Å². The first-order valence-electron chi connectivity index (χ1n) is 6.80. The zero-order chi connectivity index (χ0) is 14.4. The van der Waals surface area contributed by atoms with Crippen LogP contribution in [0, 0.1) is 0 Å². The molecule has 0 saturated heterocycles. The van der Waals surface area contributed by atoms with Crippen molar-refractivity contribution in [2.24, 2.45) is 0 Å². The van der Waals surface area contributed by atoms with Crippen LogP contribution in [0.2, 0.25) is 0 Å². The average Bonchev–Trinajstić information content (AvgIpc) is 2.96. The summed E-state index contributed by atoms with van der Waals surface area (Å²) >= 11 is 0. The van der Waals surface area contributed by atoms with E-state index in [1.165, 1.54) is 0 Å². The van der Waals surface area contributed by atoms with E-state index in [0.717, 1.165) is 35.8 Å². The number of fused-ring (bicyclic) bond motifs is 2. The standard InChI is InChI=1S/C15H15N5O/c1-19-6-7-21-13-3-2-10(8-12(13)19)11-9-20-5-4-17-15(20)14(16)18-11/h2-5,8-9H,6-7H2,1H3,(H2,16,18). The fraction of sp³-hybridized carbons (Fsp3) is 0.200. The van der Waals surface area contributed by atoms with E-state index in [1.54, 1.807) is 6.20 Å². The second kappa shape index (κ2) is 4.37. The molecule has 0 spiro atoms. The van der Waals surface area contributed by atoms with Crippen LogP contribution < -0.4 is 15.4 Å². The molecular formula is C15H15N5O. The van der Waals surface area contributed by atoms with Crippen molar-refractivity contribution in [2.45, 2.75) is 0 Å². The maximum Gasteiger partial charge on any atom is 0.179 e. The summed E-state index contributed by atoms with van der Waals surface area (Å²) in [5, 5.41) is 0. The lowest BCUT2D eigenvalue weighted by molar-refractivity contribution is 0.311. The molecule has 0 radical (unpaired) electrons. The number of hydrogen-bond acceptors (Lipinski definition) is 5. The first-order chi connectivity index (χ1) is 10.2. The number of rotatable bonds is 1. The SMILES string of the molecule is CN1CCOc2ccc(-c3cn4ccnc4c(N)n3)cc21. The second-order valence-electron chi connectivity index (χ2n) is 5.12. The molecule has 0 saturated carbocycles. The van der Waals surface area contributed by atoms with Crippen LogP contribution in [0.5, 0.6) is 5.75 Å². The Bertz CT molecular complexity index is 826. The number of likely N-dealkylation sites (N-methyl/N-ethyl adjacent to an activating group) is 1. The van der Waals surface area contributed by atoms with Crippen molar-refractivity contribution in [1.29, 1.82) is 0 Å². The van der Waals surface area contributed by atoms with E-state index >= 15 is 0 Å². The monoisotopic (exact) mass is 281 g/mol. The summed E-state index contributed by atoms with van der Waals surface area (Å²) in [6, 6.07) is 6.07. The zero-order valence-electron chi connectivity index (χ0n) is 11.7. The van der Waals surface area contributed by atoms with Gasteiger partial charge in [-0.2, -0.15) is 0 Å². The molecule has 1 aliphatic heterocycles. The molecule has 0 atom stereocenters. The van der Waals surface area contributed by atoms with E-state index < -0.39 is 0 Å². The molecule has 106 valence electrons. The molecule has 0 aliphatic carbocycles. The predicted molar refractivity (Wildman–Crippen MR) is 81.6 cm³/mol. The maximum atomic E-state index is 5.97. The van der Waals surface area contributed by atoms with Gasteiger partial charge in [-0.05, 0) is 18.2 Å². The van der Waals surface area contributed by atoms with Gasteiger partial charge in [-0.25, -0.2) is 9.97 Å². The van der Waals surface area contributed by atoms with Gasteiger partial charge in [-0.3, -0.25) is 0 Å². The van der Waals surface area contributed by atoms with E-state index in [1.807, 2.05) is 28.9 Å². The van der Waals surface area contributed by atoms with E-state index in [9.17, 15) is 0 Å². The summed E-state index contributed by atoms with van der Waals surface area (Å²) in [4.78, 5) is 10.8. The first kappa shape index (κ1) is 12.0. The van der Waals surface area contributed by atoms with Crippen molar-refractivity contribution >= 4 is 17.2 Å². The van der Waals surface area contributed by atoms with Gasteiger partial charge >= 0.3 is 0 Å². The van der Waals surface area contributed by atoms with Gasteiger partial charge in [0.15, 0.2) is 11.5 Å². The number of imidazole rings is 1. The smallest absolute Gasteiger partial charge is 0.179 e. The molecule has 6 heteroatoms. The van der Waals surface area contributed by atoms with Crippen molar-refractivity contribution in [3.63, 3.8) is 0 Å². The number of ether oxygens (including phenoxy) is 1. The Morgan fingerprint density at radius 2 is 2.24 bits per heavy atom. The molecule has 0 amide bonds. The molecule has 3 heterocycles. The third kappa shape index (κ3) is 1.87.